The van der Waals surface area contributed by atoms with Gasteiger partial charge in [-0.1, -0.05) is 12.1 Å². The van der Waals surface area contributed by atoms with E-state index in [0.29, 0.717) is 6.04 Å². The summed E-state index contributed by atoms with van der Waals surface area (Å²) in [7, 11) is 4.31. The summed E-state index contributed by atoms with van der Waals surface area (Å²) in [4.78, 5) is 4.37. The van der Waals surface area contributed by atoms with Gasteiger partial charge in [-0.05, 0) is 32.0 Å². The molecule has 0 saturated carbocycles. The van der Waals surface area contributed by atoms with E-state index in [1.54, 1.807) is 0 Å². The van der Waals surface area contributed by atoms with Gasteiger partial charge in [0.05, 0.1) is 0 Å². The Morgan fingerprint density at radius 2 is 2.29 bits per heavy atom. The first-order valence-electron chi connectivity index (χ1n) is 4.84. The van der Waals surface area contributed by atoms with Crippen LogP contribution in [0.1, 0.15) is 13.8 Å². The van der Waals surface area contributed by atoms with Gasteiger partial charge in [-0.15, -0.1) is 0 Å². The van der Waals surface area contributed by atoms with Crippen LogP contribution in [0.5, 0.6) is 0 Å². The van der Waals surface area contributed by atoms with Gasteiger partial charge in [-0.25, -0.2) is 4.98 Å². The van der Waals surface area contributed by atoms with Crippen molar-refractivity contribution in [3.8, 4) is 0 Å². The fraction of sp³-hybridized carbons (Fsp3) is 0.500. The highest BCUT2D eigenvalue weighted by atomic mass is 28.2. The molecule has 73 valence electrons. The minimum Gasteiger partial charge on any atom is -0.381 e. The van der Waals surface area contributed by atoms with Crippen LogP contribution in [0.2, 0.25) is 12.1 Å². The number of anilines is 1. The number of pyridine rings is 1. The highest BCUT2D eigenvalue weighted by Gasteiger charge is 2.10. The molecule has 5 radical (unpaired) electrons. The van der Waals surface area contributed by atoms with E-state index in [4.69, 9.17) is 0 Å². The maximum atomic E-state index is 4.37. The largest absolute Gasteiger partial charge is 0.381 e. The lowest BCUT2D eigenvalue weighted by Gasteiger charge is -2.27. The normalized spacial score (nSPS) is 10.6. The summed E-state index contributed by atoms with van der Waals surface area (Å²) in [5, 5.41) is 0. The van der Waals surface area contributed by atoms with Crippen molar-refractivity contribution < 1.29 is 0 Å². The Bertz CT molecular complexity index is 252. The van der Waals surface area contributed by atoms with Crippen molar-refractivity contribution in [2.24, 2.45) is 0 Å². The third-order valence-corrected chi connectivity index (χ3v) is 4.13. The number of hydrogen-bond donors (Lipinski definition) is 0. The first-order chi connectivity index (χ1) is 6.75. The van der Waals surface area contributed by atoms with Crippen LogP contribution in [0.3, 0.4) is 0 Å². The molecule has 14 heavy (non-hydrogen) atoms. The lowest BCUT2D eigenvalue weighted by molar-refractivity contribution is 0.809. The van der Waals surface area contributed by atoms with Crippen LogP contribution in [0.25, 0.3) is 0 Å². The van der Waals surface area contributed by atoms with Gasteiger partial charge in [0.2, 0.25) is 0 Å². The quantitative estimate of drug-likeness (QED) is 0.704. The number of hydrogen-bond acceptors (Lipinski definition) is 2. The molecule has 4 heteroatoms. The molecule has 0 unspecified atom stereocenters. The van der Waals surface area contributed by atoms with Gasteiger partial charge >= 0.3 is 0 Å². The average Bonchev–Trinajstić information content (AvgIpc) is 2.19. The van der Waals surface area contributed by atoms with Crippen molar-refractivity contribution in [2.75, 3.05) is 4.57 Å². The molecule has 1 rings (SSSR count). The van der Waals surface area contributed by atoms with Gasteiger partial charge < -0.3 is 4.57 Å². The number of rotatable bonds is 5. The van der Waals surface area contributed by atoms with E-state index < -0.39 is 0 Å². The molecule has 0 saturated heterocycles. The molecule has 1 aromatic heterocycles. The second kappa shape index (κ2) is 5.98. The van der Waals surface area contributed by atoms with Gasteiger partial charge in [0.15, 0.2) is 9.68 Å². The second-order valence-electron chi connectivity index (χ2n) is 3.31. The van der Waals surface area contributed by atoms with Gasteiger partial charge in [-0.2, -0.15) is 0 Å². The Hall–Kier alpha value is -0.616. The minimum absolute atomic E-state index is 0.515. The molecule has 0 spiro atoms. The molecule has 1 heterocycles. The minimum atomic E-state index is 0.515. The van der Waals surface area contributed by atoms with E-state index >= 15 is 0 Å². The standard InChI is InChI=1S/C10H15N2Si2/c1-9(2)12(14-8-7-13)10-5-3-4-6-11-10/h3-6,9H,7-8H2,1-2H3. The third kappa shape index (κ3) is 3.27. The molecular formula is C10H15N2Si2. The molecule has 0 bridgehead atoms. The lowest BCUT2D eigenvalue weighted by Crippen LogP contribution is -2.34. The Labute approximate surface area is 92.1 Å². The van der Waals surface area contributed by atoms with Crippen molar-refractivity contribution in [2.45, 2.75) is 32.0 Å². The van der Waals surface area contributed by atoms with E-state index in [9.17, 15) is 0 Å². The van der Waals surface area contributed by atoms with E-state index in [1.807, 2.05) is 18.3 Å². The Kier molecular flexibility index (Phi) is 4.89. The van der Waals surface area contributed by atoms with Crippen LogP contribution >= 0.6 is 0 Å². The molecule has 0 fully saturated rings. The van der Waals surface area contributed by atoms with Crippen molar-refractivity contribution in [3.63, 3.8) is 0 Å². The highest BCUT2D eigenvalue weighted by molar-refractivity contribution is 6.42. The van der Waals surface area contributed by atoms with Crippen LogP contribution in [-0.2, 0) is 0 Å². The monoisotopic (exact) mass is 219 g/mol. The fourth-order valence-corrected chi connectivity index (χ4v) is 2.55. The lowest BCUT2D eigenvalue weighted by atomic mass is 10.4. The van der Waals surface area contributed by atoms with Crippen molar-refractivity contribution >= 4 is 25.7 Å². The summed E-state index contributed by atoms with van der Waals surface area (Å²) in [6, 6.07) is 8.80. The van der Waals surface area contributed by atoms with Crippen LogP contribution in [-0.4, -0.2) is 30.9 Å². The van der Waals surface area contributed by atoms with E-state index in [0.717, 1.165) is 21.5 Å². The molecular weight excluding hydrogens is 204 g/mol. The average molecular weight is 219 g/mol. The Morgan fingerprint density at radius 3 is 2.79 bits per heavy atom. The van der Waals surface area contributed by atoms with Crippen molar-refractivity contribution in [1.29, 1.82) is 0 Å². The van der Waals surface area contributed by atoms with Crippen LogP contribution in [0, 0.1) is 0 Å². The molecule has 0 aliphatic carbocycles. The van der Waals surface area contributed by atoms with Gasteiger partial charge in [0.25, 0.3) is 0 Å². The first-order valence-corrected chi connectivity index (χ1v) is 6.70. The van der Waals surface area contributed by atoms with E-state index in [-0.39, 0.29) is 0 Å². The zero-order chi connectivity index (χ0) is 10.4. The molecule has 2 nitrogen and oxygen atoms in total. The molecule has 0 amide bonds. The van der Waals surface area contributed by atoms with Crippen molar-refractivity contribution in [1.82, 2.24) is 4.98 Å². The number of aromatic nitrogens is 1. The topological polar surface area (TPSA) is 16.1 Å². The van der Waals surface area contributed by atoms with Crippen LogP contribution < -0.4 is 4.57 Å². The molecule has 0 atom stereocenters. The summed E-state index contributed by atoms with van der Waals surface area (Å²) in [6.07, 6.45) is 1.85. The Morgan fingerprint density at radius 1 is 1.50 bits per heavy atom. The van der Waals surface area contributed by atoms with Gasteiger partial charge in [0, 0.05) is 22.5 Å². The van der Waals surface area contributed by atoms with Crippen molar-refractivity contribution in [3.05, 3.63) is 24.4 Å². The van der Waals surface area contributed by atoms with Gasteiger partial charge in [0.1, 0.15) is 5.82 Å². The maximum Gasteiger partial charge on any atom is 0.182 e. The summed E-state index contributed by atoms with van der Waals surface area (Å²) in [6.45, 7) is 4.41. The second-order valence-corrected chi connectivity index (χ2v) is 5.11. The summed E-state index contributed by atoms with van der Waals surface area (Å²) in [5.74, 6) is 1.08. The fourth-order valence-electron chi connectivity index (χ4n) is 1.20. The highest BCUT2D eigenvalue weighted by Crippen LogP contribution is 2.12. The van der Waals surface area contributed by atoms with E-state index in [1.165, 1.54) is 6.04 Å². The molecule has 1 aromatic rings. The summed E-state index contributed by atoms with van der Waals surface area (Å²) >= 11 is 0. The SMILES string of the molecule is CC(C)N([Si]CC[Si])c1ccccn1. The maximum absolute atomic E-state index is 4.37. The first kappa shape index (κ1) is 11.5. The number of nitrogens with zero attached hydrogens (tertiary/aromatic N) is 2. The molecule has 0 N–H and O–H groups in total. The zero-order valence-corrected chi connectivity index (χ0v) is 10.7. The summed E-state index contributed by atoms with van der Waals surface area (Å²) in [5.41, 5.74) is 0. The van der Waals surface area contributed by atoms with Crippen LogP contribution in [0.4, 0.5) is 5.82 Å². The Balaban J connectivity index is 2.68. The van der Waals surface area contributed by atoms with Crippen LogP contribution in [0.15, 0.2) is 24.4 Å². The smallest absolute Gasteiger partial charge is 0.182 e. The third-order valence-electron chi connectivity index (χ3n) is 1.82. The molecule has 0 aromatic carbocycles. The summed E-state index contributed by atoms with van der Waals surface area (Å²) < 4.78 is 2.35. The predicted molar refractivity (Wildman–Crippen MR) is 63.0 cm³/mol. The van der Waals surface area contributed by atoms with E-state index in [2.05, 4.69) is 39.7 Å². The zero-order valence-electron chi connectivity index (χ0n) is 8.70. The molecule has 0 aliphatic rings. The predicted octanol–water partition coefficient (Wildman–Crippen LogP) is 1.92. The van der Waals surface area contributed by atoms with Gasteiger partial charge in [-0.3, -0.25) is 0 Å². The molecule has 0 aliphatic heterocycles.